The van der Waals surface area contributed by atoms with Crippen LogP contribution in [0.3, 0.4) is 0 Å². The quantitative estimate of drug-likeness (QED) is 0.645. The summed E-state index contributed by atoms with van der Waals surface area (Å²) in [6, 6.07) is 10.3. The van der Waals surface area contributed by atoms with Crippen LogP contribution in [-0.2, 0) is 11.2 Å². The number of carbonyl (C=O) groups is 1. The van der Waals surface area contributed by atoms with E-state index in [9.17, 15) is 4.79 Å². The molecule has 0 radical (unpaired) electrons. The molecular weight excluding hydrogens is 367 g/mol. The fraction of sp³-hybridized carbons (Fsp3) is 0.278. The Kier molecular flexibility index (Phi) is 7.22. The number of benzene rings is 2. The van der Waals surface area contributed by atoms with E-state index in [1.54, 1.807) is 43.5 Å². The van der Waals surface area contributed by atoms with Crippen LogP contribution in [0.5, 0.6) is 17.2 Å². The number of carboxylic acids is 1. The van der Waals surface area contributed by atoms with Gasteiger partial charge in [0.15, 0.2) is 0 Å². The zero-order valence-electron chi connectivity index (χ0n) is 13.6. The lowest BCUT2D eigenvalue weighted by Crippen LogP contribution is -2.10. The van der Waals surface area contributed by atoms with E-state index in [1.165, 1.54) is 0 Å². The van der Waals surface area contributed by atoms with Crippen LogP contribution in [0.2, 0.25) is 10.0 Å². The number of aliphatic carboxylic acids is 1. The zero-order chi connectivity index (χ0) is 18.2. The van der Waals surface area contributed by atoms with Crippen LogP contribution in [0.4, 0.5) is 0 Å². The van der Waals surface area contributed by atoms with Gasteiger partial charge in [0, 0.05) is 17.5 Å². The van der Waals surface area contributed by atoms with Crippen LogP contribution in [0, 0.1) is 0 Å². The molecule has 5 nitrogen and oxygen atoms in total. The number of carboxylic acid groups (broad SMARTS) is 1. The van der Waals surface area contributed by atoms with Gasteiger partial charge in [-0.1, -0.05) is 29.3 Å². The molecule has 0 saturated heterocycles. The maximum atomic E-state index is 10.8. The summed E-state index contributed by atoms with van der Waals surface area (Å²) in [5.74, 6) is 0.871. The molecule has 0 bridgehead atoms. The van der Waals surface area contributed by atoms with Crippen molar-refractivity contribution >= 4 is 29.2 Å². The number of hydrogen-bond acceptors (Lipinski definition) is 4. The molecule has 2 rings (SSSR count). The molecule has 0 aromatic heterocycles. The first-order valence-corrected chi connectivity index (χ1v) is 8.34. The van der Waals surface area contributed by atoms with E-state index in [2.05, 4.69) is 0 Å². The summed E-state index contributed by atoms with van der Waals surface area (Å²) in [6.45, 7) is 0.545. The largest absolute Gasteiger partial charge is 0.497 e. The Morgan fingerprint density at radius 2 is 1.76 bits per heavy atom. The molecule has 7 heteroatoms. The van der Waals surface area contributed by atoms with Gasteiger partial charge >= 0.3 is 5.97 Å². The molecule has 0 saturated carbocycles. The molecule has 0 fully saturated rings. The van der Waals surface area contributed by atoms with Crippen LogP contribution >= 0.6 is 23.2 Å². The molecule has 0 unspecified atom stereocenters. The van der Waals surface area contributed by atoms with Crippen molar-refractivity contribution in [1.29, 1.82) is 0 Å². The van der Waals surface area contributed by atoms with Gasteiger partial charge in [-0.25, -0.2) is 0 Å². The van der Waals surface area contributed by atoms with Crippen molar-refractivity contribution in [2.75, 3.05) is 20.3 Å². The number of ether oxygens (including phenoxy) is 3. The van der Waals surface area contributed by atoms with Gasteiger partial charge in [-0.05, 0) is 36.2 Å². The van der Waals surface area contributed by atoms with Crippen LogP contribution in [0.25, 0.3) is 0 Å². The summed E-state index contributed by atoms with van der Waals surface area (Å²) >= 11 is 11.9. The Labute approximate surface area is 156 Å². The van der Waals surface area contributed by atoms with Crippen LogP contribution in [0.15, 0.2) is 36.4 Å². The molecule has 0 aliphatic heterocycles. The standard InChI is InChI=1S/C18H18Cl2O5/c1-23-14-5-2-12(3-7-18(21)22)17(11-14)25-9-8-24-16-6-4-13(19)10-15(16)20/h2,4-6,10-11H,3,7-9H2,1H3,(H,21,22). The van der Waals surface area contributed by atoms with Crippen LogP contribution < -0.4 is 14.2 Å². The van der Waals surface area contributed by atoms with E-state index in [0.717, 1.165) is 5.56 Å². The normalized spacial score (nSPS) is 10.4. The van der Waals surface area contributed by atoms with Crippen LogP contribution in [-0.4, -0.2) is 31.4 Å². The summed E-state index contributed by atoms with van der Waals surface area (Å²) < 4.78 is 16.5. The predicted molar refractivity (Wildman–Crippen MR) is 96.4 cm³/mol. The number of aryl methyl sites for hydroxylation is 1. The van der Waals surface area contributed by atoms with E-state index in [0.29, 0.717) is 33.7 Å². The van der Waals surface area contributed by atoms with Gasteiger partial charge in [-0.3, -0.25) is 4.79 Å². The summed E-state index contributed by atoms with van der Waals surface area (Å²) in [5.41, 5.74) is 0.799. The van der Waals surface area contributed by atoms with Crippen molar-refractivity contribution in [1.82, 2.24) is 0 Å². The summed E-state index contributed by atoms with van der Waals surface area (Å²) in [5, 5.41) is 9.81. The second-order valence-electron chi connectivity index (χ2n) is 5.14. The first-order valence-electron chi connectivity index (χ1n) is 7.59. The SMILES string of the molecule is COc1ccc(CCC(=O)O)c(OCCOc2ccc(Cl)cc2Cl)c1. The van der Waals surface area contributed by atoms with Crippen molar-refractivity contribution in [3.63, 3.8) is 0 Å². The molecule has 25 heavy (non-hydrogen) atoms. The minimum absolute atomic E-state index is 0.0274. The summed E-state index contributed by atoms with van der Waals surface area (Å²) in [4.78, 5) is 10.8. The van der Waals surface area contributed by atoms with E-state index in [4.69, 9.17) is 42.5 Å². The highest BCUT2D eigenvalue weighted by molar-refractivity contribution is 6.35. The topological polar surface area (TPSA) is 65.0 Å². The first-order chi connectivity index (χ1) is 12.0. The minimum Gasteiger partial charge on any atom is -0.497 e. The van der Waals surface area contributed by atoms with E-state index >= 15 is 0 Å². The van der Waals surface area contributed by atoms with Gasteiger partial charge in [0.1, 0.15) is 30.5 Å². The fourth-order valence-electron chi connectivity index (χ4n) is 2.14. The van der Waals surface area contributed by atoms with Gasteiger partial charge in [-0.15, -0.1) is 0 Å². The highest BCUT2D eigenvalue weighted by Crippen LogP contribution is 2.28. The number of hydrogen-bond donors (Lipinski definition) is 1. The number of methoxy groups -OCH3 is 1. The average molecular weight is 385 g/mol. The van der Waals surface area contributed by atoms with Gasteiger partial charge < -0.3 is 19.3 Å². The smallest absolute Gasteiger partial charge is 0.303 e. The lowest BCUT2D eigenvalue weighted by molar-refractivity contribution is -0.136. The van der Waals surface area contributed by atoms with Gasteiger partial charge in [0.05, 0.1) is 12.1 Å². The van der Waals surface area contributed by atoms with Crippen molar-refractivity contribution < 1.29 is 24.1 Å². The zero-order valence-corrected chi connectivity index (χ0v) is 15.1. The minimum atomic E-state index is -0.859. The Bertz CT molecular complexity index is 733. The Morgan fingerprint density at radius 1 is 1.04 bits per heavy atom. The highest BCUT2D eigenvalue weighted by Gasteiger charge is 2.09. The third kappa shape index (κ3) is 6.03. The van der Waals surface area contributed by atoms with E-state index in [1.807, 2.05) is 0 Å². The molecule has 0 aliphatic rings. The summed E-state index contributed by atoms with van der Waals surface area (Å²) in [7, 11) is 1.56. The van der Waals surface area contributed by atoms with Crippen molar-refractivity contribution in [3.8, 4) is 17.2 Å². The predicted octanol–water partition coefficient (Wildman–Crippen LogP) is 4.48. The third-order valence-electron chi connectivity index (χ3n) is 3.37. The molecular formula is C18H18Cl2O5. The van der Waals surface area contributed by atoms with Gasteiger partial charge in [-0.2, -0.15) is 0 Å². The molecule has 1 N–H and O–H groups in total. The molecule has 2 aromatic carbocycles. The van der Waals surface area contributed by atoms with Crippen molar-refractivity contribution in [2.45, 2.75) is 12.8 Å². The van der Waals surface area contributed by atoms with E-state index < -0.39 is 5.97 Å². The van der Waals surface area contributed by atoms with Gasteiger partial charge in [0.25, 0.3) is 0 Å². The maximum absolute atomic E-state index is 10.8. The third-order valence-corrected chi connectivity index (χ3v) is 3.91. The molecule has 0 aliphatic carbocycles. The molecule has 134 valence electrons. The number of rotatable bonds is 9. The molecule has 0 amide bonds. The highest BCUT2D eigenvalue weighted by atomic mass is 35.5. The molecule has 0 heterocycles. The molecule has 2 aromatic rings. The Hall–Kier alpha value is -2.11. The summed E-state index contributed by atoms with van der Waals surface area (Å²) in [6.07, 6.45) is 0.401. The maximum Gasteiger partial charge on any atom is 0.303 e. The monoisotopic (exact) mass is 384 g/mol. The Balaban J connectivity index is 1.95. The molecule has 0 atom stereocenters. The fourth-order valence-corrected chi connectivity index (χ4v) is 2.60. The Morgan fingerprint density at radius 3 is 2.40 bits per heavy atom. The van der Waals surface area contributed by atoms with Gasteiger partial charge in [0.2, 0.25) is 0 Å². The second kappa shape index (κ2) is 9.39. The number of halogens is 2. The van der Waals surface area contributed by atoms with Crippen molar-refractivity contribution in [2.24, 2.45) is 0 Å². The van der Waals surface area contributed by atoms with Crippen LogP contribution in [0.1, 0.15) is 12.0 Å². The van der Waals surface area contributed by atoms with E-state index in [-0.39, 0.29) is 19.6 Å². The lowest BCUT2D eigenvalue weighted by Gasteiger charge is -2.13. The van der Waals surface area contributed by atoms with Crippen molar-refractivity contribution in [3.05, 3.63) is 52.0 Å². The average Bonchev–Trinajstić information content (AvgIpc) is 2.58. The first kappa shape index (κ1) is 19.2. The lowest BCUT2D eigenvalue weighted by atomic mass is 10.1. The second-order valence-corrected chi connectivity index (χ2v) is 5.98. The molecule has 0 spiro atoms.